The van der Waals surface area contributed by atoms with Crippen LogP contribution in [0.2, 0.25) is 0 Å². The average molecular weight is 381 g/mol. The van der Waals surface area contributed by atoms with Crippen molar-refractivity contribution < 1.29 is 4.74 Å². The highest BCUT2D eigenvalue weighted by Gasteiger charge is 2.04. The highest BCUT2D eigenvalue weighted by molar-refractivity contribution is 5.79. The largest absolute Gasteiger partial charge is 0.489 e. The highest BCUT2D eigenvalue weighted by atomic mass is 16.5. The number of hydrogen-bond donors (Lipinski definition) is 2. The van der Waals surface area contributed by atoms with Crippen LogP contribution in [0.3, 0.4) is 0 Å². The number of aliphatic imine (C=N–C) groups is 1. The van der Waals surface area contributed by atoms with Crippen LogP contribution in [0.15, 0.2) is 66.2 Å². The molecule has 5 nitrogen and oxygen atoms in total. The van der Waals surface area contributed by atoms with Crippen LogP contribution in [0.5, 0.6) is 5.75 Å². The van der Waals surface area contributed by atoms with E-state index in [2.05, 4.69) is 73.5 Å². The van der Waals surface area contributed by atoms with Gasteiger partial charge >= 0.3 is 0 Å². The summed E-state index contributed by atoms with van der Waals surface area (Å²) in [6, 6.07) is 16.6. The minimum absolute atomic E-state index is 0.495. The van der Waals surface area contributed by atoms with E-state index in [1.807, 2.05) is 18.2 Å². The Morgan fingerprint density at radius 3 is 2.64 bits per heavy atom. The fraction of sp³-hybridized carbons (Fsp3) is 0.348. The van der Waals surface area contributed by atoms with E-state index in [4.69, 9.17) is 9.73 Å². The van der Waals surface area contributed by atoms with Crippen LogP contribution < -0.4 is 15.4 Å². The molecule has 0 aliphatic heterocycles. The zero-order valence-corrected chi connectivity index (χ0v) is 17.2. The SMILES string of the molecule is C=CCOc1ccccc1CNC(=NCc1cccc(CN(C)C)c1)NCC. The lowest BCUT2D eigenvalue weighted by atomic mass is 10.1. The third-order valence-corrected chi connectivity index (χ3v) is 4.03. The molecule has 0 aromatic heterocycles. The molecule has 28 heavy (non-hydrogen) atoms. The van der Waals surface area contributed by atoms with E-state index in [-0.39, 0.29) is 0 Å². The Hall–Kier alpha value is -2.79. The molecule has 0 aliphatic rings. The molecule has 0 saturated carbocycles. The summed E-state index contributed by atoms with van der Waals surface area (Å²) in [6.45, 7) is 9.27. The maximum absolute atomic E-state index is 5.73. The molecule has 2 aromatic carbocycles. The standard InChI is InChI=1S/C23H32N4O/c1-5-14-28-22-13-8-7-12-21(22)17-26-23(24-6-2)25-16-19-10-9-11-20(15-19)18-27(3)4/h5,7-13,15H,1,6,14,16-18H2,2-4H3,(H2,24,25,26). The van der Waals surface area contributed by atoms with Crippen molar-refractivity contribution in [3.8, 4) is 5.75 Å². The monoisotopic (exact) mass is 380 g/mol. The molecule has 0 amide bonds. The molecular weight excluding hydrogens is 348 g/mol. The lowest BCUT2D eigenvalue weighted by molar-refractivity contribution is 0.358. The topological polar surface area (TPSA) is 48.9 Å². The van der Waals surface area contributed by atoms with Gasteiger partial charge in [0.15, 0.2) is 5.96 Å². The van der Waals surface area contributed by atoms with Gasteiger partial charge in [-0.1, -0.05) is 55.1 Å². The van der Waals surface area contributed by atoms with E-state index in [0.717, 1.165) is 30.4 Å². The molecule has 0 atom stereocenters. The fourth-order valence-electron chi connectivity index (χ4n) is 2.82. The first-order valence-electron chi connectivity index (χ1n) is 9.68. The molecule has 5 heteroatoms. The van der Waals surface area contributed by atoms with Crippen LogP contribution in [-0.4, -0.2) is 38.1 Å². The molecule has 0 heterocycles. The molecule has 0 bridgehead atoms. The van der Waals surface area contributed by atoms with E-state index in [0.29, 0.717) is 19.7 Å². The molecule has 0 fully saturated rings. The first kappa shape index (κ1) is 21.5. The quantitative estimate of drug-likeness (QED) is 0.376. The number of ether oxygens (including phenoxy) is 1. The Labute approximate surface area is 169 Å². The summed E-state index contributed by atoms with van der Waals surface area (Å²) in [5, 5.41) is 6.70. The van der Waals surface area contributed by atoms with E-state index < -0.39 is 0 Å². The number of guanidine groups is 1. The van der Waals surface area contributed by atoms with Crippen LogP contribution in [0.1, 0.15) is 23.6 Å². The van der Waals surface area contributed by atoms with Gasteiger partial charge in [-0.05, 0) is 38.2 Å². The minimum atomic E-state index is 0.495. The van der Waals surface area contributed by atoms with E-state index in [9.17, 15) is 0 Å². The molecular formula is C23H32N4O. The van der Waals surface area contributed by atoms with Crippen molar-refractivity contribution in [2.45, 2.75) is 26.6 Å². The second-order valence-electron chi connectivity index (χ2n) is 6.81. The van der Waals surface area contributed by atoms with Crippen molar-refractivity contribution in [2.75, 3.05) is 27.2 Å². The Morgan fingerprint density at radius 2 is 1.89 bits per heavy atom. The van der Waals surface area contributed by atoms with Gasteiger partial charge in [0, 0.05) is 25.2 Å². The fourth-order valence-corrected chi connectivity index (χ4v) is 2.82. The zero-order valence-electron chi connectivity index (χ0n) is 17.2. The second kappa shape index (κ2) is 11.8. The van der Waals surface area contributed by atoms with Crippen LogP contribution >= 0.6 is 0 Å². The predicted octanol–water partition coefficient (Wildman–Crippen LogP) is 3.57. The second-order valence-corrected chi connectivity index (χ2v) is 6.81. The first-order valence-corrected chi connectivity index (χ1v) is 9.68. The average Bonchev–Trinajstić information content (AvgIpc) is 2.69. The summed E-state index contributed by atoms with van der Waals surface area (Å²) >= 11 is 0. The molecule has 0 radical (unpaired) electrons. The number of rotatable bonds is 10. The maximum atomic E-state index is 5.73. The number of benzene rings is 2. The van der Waals surface area contributed by atoms with Gasteiger partial charge in [-0.2, -0.15) is 0 Å². The van der Waals surface area contributed by atoms with E-state index >= 15 is 0 Å². The van der Waals surface area contributed by atoms with Gasteiger partial charge in [-0.25, -0.2) is 4.99 Å². The van der Waals surface area contributed by atoms with Gasteiger partial charge in [0.25, 0.3) is 0 Å². The van der Waals surface area contributed by atoms with Gasteiger partial charge in [0.2, 0.25) is 0 Å². The van der Waals surface area contributed by atoms with Crippen LogP contribution in [-0.2, 0) is 19.6 Å². The first-order chi connectivity index (χ1) is 13.6. The van der Waals surface area contributed by atoms with Crippen molar-refractivity contribution in [1.82, 2.24) is 15.5 Å². The maximum Gasteiger partial charge on any atom is 0.191 e. The summed E-state index contributed by atoms with van der Waals surface area (Å²) < 4.78 is 5.73. The van der Waals surface area contributed by atoms with Crippen molar-refractivity contribution in [3.05, 3.63) is 77.9 Å². The summed E-state index contributed by atoms with van der Waals surface area (Å²) in [5.41, 5.74) is 3.58. The highest BCUT2D eigenvalue weighted by Crippen LogP contribution is 2.17. The van der Waals surface area contributed by atoms with Crippen LogP contribution in [0, 0.1) is 0 Å². The lowest BCUT2D eigenvalue weighted by Crippen LogP contribution is -2.36. The van der Waals surface area contributed by atoms with Gasteiger partial charge < -0.3 is 20.3 Å². The van der Waals surface area contributed by atoms with Gasteiger partial charge in [0.1, 0.15) is 12.4 Å². The summed E-state index contributed by atoms with van der Waals surface area (Å²) in [4.78, 5) is 6.90. The normalized spacial score (nSPS) is 11.4. The van der Waals surface area contributed by atoms with E-state index in [1.165, 1.54) is 11.1 Å². The molecule has 0 unspecified atom stereocenters. The van der Waals surface area contributed by atoms with Crippen molar-refractivity contribution in [1.29, 1.82) is 0 Å². The number of nitrogens with one attached hydrogen (secondary N) is 2. The number of para-hydroxylation sites is 1. The van der Waals surface area contributed by atoms with Gasteiger partial charge in [-0.3, -0.25) is 0 Å². The van der Waals surface area contributed by atoms with Crippen LogP contribution in [0.4, 0.5) is 0 Å². The predicted molar refractivity (Wildman–Crippen MR) is 118 cm³/mol. The van der Waals surface area contributed by atoms with Crippen LogP contribution in [0.25, 0.3) is 0 Å². The minimum Gasteiger partial charge on any atom is -0.489 e. The molecule has 2 N–H and O–H groups in total. The molecule has 2 rings (SSSR count). The Kier molecular flexibility index (Phi) is 9.08. The smallest absolute Gasteiger partial charge is 0.191 e. The van der Waals surface area contributed by atoms with Crippen molar-refractivity contribution in [2.24, 2.45) is 4.99 Å². The van der Waals surface area contributed by atoms with Crippen molar-refractivity contribution >= 4 is 5.96 Å². The molecule has 0 aliphatic carbocycles. The number of hydrogen-bond acceptors (Lipinski definition) is 3. The molecule has 2 aromatic rings. The lowest BCUT2D eigenvalue weighted by Gasteiger charge is -2.14. The Balaban J connectivity index is 2.02. The van der Waals surface area contributed by atoms with Crippen molar-refractivity contribution in [3.63, 3.8) is 0 Å². The number of nitrogens with zero attached hydrogens (tertiary/aromatic N) is 2. The molecule has 0 spiro atoms. The Bertz CT molecular complexity index is 771. The summed E-state index contributed by atoms with van der Waals surface area (Å²) in [7, 11) is 4.16. The third-order valence-electron chi connectivity index (χ3n) is 4.03. The third kappa shape index (κ3) is 7.45. The molecule has 0 saturated heterocycles. The molecule has 150 valence electrons. The summed E-state index contributed by atoms with van der Waals surface area (Å²) in [6.07, 6.45) is 1.75. The van der Waals surface area contributed by atoms with Gasteiger partial charge in [0.05, 0.1) is 6.54 Å². The zero-order chi connectivity index (χ0) is 20.2. The summed E-state index contributed by atoms with van der Waals surface area (Å²) in [5.74, 6) is 1.65. The van der Waals surface area contributed by atoms with E-state index in [1.54, 1.807) is 6.08 Å². The van der Waals surface area contributed by atoms with Gasteiger partial charge in [-0.15, -0.1) is 0 Å². The Morgan fingerprint density at radius 1 is 1.11 bits per heavy atom.